The lowest BCUT2D eigenvalue weighted by Crippen LogP contribution is -2.37. The van der Waals surface area contributed by atoms with Gasteiger partial charge in [0.1, 0.15) is 0 Å². The minimum atomic E-state index is -1.42. The molecule has 0 unspecified atom stereocenters. The van der Waals surface area contributed by atoms with Crippen LogP contribution in [0, 0.1) is 0 Å². The molecule has 0 heterocycles. The van der Waals surface area contributed by atoms with Crippen LogP contribution in [0.4, 0.5) is 0 Å². The fraction of sp³-hybridized carbons (Fsp3) is 1.00. The number of hydrogen-bond acceptors (Lipinski definition) is 4. The monoisotopic (exact) mass is 303 g/mol. The van der Waals surface area contributed by atoms with Crippen LogP contribution in [-0.4, -0.2) is 91.0 Å². The van der Waals surface area contributed by atoms with Crippen LogP contribution in [0.2, 0.25) is 19.1 Å². The summed E-state index contributed by atoms with van der Waals surface area (Å²) < 4.78 is 5.67. The molecule has 5 heteroatoms. The third kappa shape index (κ3) is 11.8. The highest BCUT2D eigenvalue weighted by molar-refractivity contribution is 6.71. The topological polar surface area (TPSA) is 19.0 Å². The maximum absolute atomic E-state index is 5.67. The lowest BCUT2D eigenvalue weighted by Gasteiger charge is -2.28. The van der Waals surface area contributed by atoms with Gasteiger partial charge in [0.05, 0.1) is 0 Å². The van der Waals surface area contributed by atoms with Gasteiger partial charge in [0.2, 0.25) is 0 Å². The van der Waals surface area contributed by atoms with Crippen molar-refractivity contribution in [3.63, 3.8) is 0 Å². The van der Waals surface area contributed by atoms with Gasteiger partial charge in [0.15, 0.2) is 8.32 Å². The molecule has 122 valence electrons. The third-order valence-electron chi connectivity index (χ3n) is 3.74. The highest BCUT2D eigenvalue weighted by Crippen LogP contribution is 2.11. The predicted molar refractivity (Wildman–Crippen MR) is 92.1 cm³/mol. The van der Waals surface area contributed by atoms with Crippen LogP contribution >= 0.6 is 0 Å². The maximum Gasteiger partial charge on any atom is 0.187 e. The molecule has 0 amide bonds. The summed E-state index contributed by atoms with van der Waals surface area (Å²) in [5.41, 5.74) is 0. The van der Waals surface area contributed by atoms with Crippen molar-refractivity contribution >= 4 is 8.32 Å². The van der Waals surface area contributed by atoms with Crippen LogP contribution in [0.1, 0.15) is 12.8 Å². The molecule has 0 aliphatic heterocycles. The zero-order chi connectivity index (χ0) is 15.6. The van der Waals surface area contributed by atoms with Gasteiger partial charge in [-0.1, -0.05) is 0 Å². The Bertz CT molecular complexity index is 221. The van der Waals surface area contributed by atoms with Gasteiger partial charge in [0.25, 0.3) is 0 Å². The van der Waals surface area contributed by atoms with Gasteiger partial charge in [-0.15, -0.1) is 0 Å². The number of rotatable bonds is 12. The zero-order valence-corrected chi connectivity index (χ0v) is 15.9. The summed E-state index contributed by atoms with van der Waals surface area (Å²) in [5, 5.41) is 0. The van der Waals surface area contributed by atoms with Crippen LogP contribution in [0.25, 0.3) is 0 Å². The Balaban J connectivity index is 4.09. The lowest BCUT2D eigenvalue weighted by molar-refractivity contribution is 0.246. The average molecular weight is 304 g/mol. The quantitative estimate of drug-likeness (QED) is 0.514. The van der Waals surface area contributed by atoms with Gasteiger partial charge in [-0.3, -0.25) is 0 Å². The molecule has 0 aromatic heterocycles. The van der Waals surface area contributed by atoms with E-state index in [1.165, 1.54) is 51.6 Å². The van der Waals surface area contributed by atoms with Gasteiger partial charge >= 0.3 is 0 Å². The molecule has 0 bridgehead atoms. The van der Waals surface area contributed by atoms with Gasteiger partial charge in [-0.2, -0.15) is 0 Å². The van der Waals surface area contributed by atoms with E-state index in [1.807, 2.05) is 7.11 Å². The molecule has 0 rings (SSSR count). The van der Waals surface area contributed by atoms with Crippen LogP contribution in [0.3, 0.4) is 0 Å². The van der Waals surface area contributed by atoms with E-state index in [0.717, 1.165) is 0 Å². The standard InChI is InChI=1S/C15H37N3OSi/c1-16(2)10-8-12-18(13-9-11-17(3)4)14-15-20(6,7)19-5/h8-15H2,1-7H3. The summed E-state index contributed by atoms with van der Waals surface area (Å²) in [6.45, 7) is 10.6. The van der Waals surface area contributed by atoms with Crippen molar-refractivity contribution in [1.29, 1.82) is 0 Å². The summed E-state index contributed by atoms with van der Waals surface area (Å²) in [7, 11) is 9.05. The molecule has 0 radical (unpaired) electrons. The Morgan fingerprint density at radius 3 is 1.55 bits per heavy atom. The van der Waals surface area contributed by atoms with Crippen molar-refractivity contribution < 1.29 is 4.43 Å². The highest BCUT2D eigenvalue weighted by atomic mass is 28.4. The van der Waals surface area contributed by atoms with E-state index in [0.29, 0.717) is 0 Å². The molecule has 0 aliphatic carbocycles. The van der Waals surface area contributed by atoms with Crippen LogP contribution in [0.15, 0.2) is 0 Å². The van der Waals surface area contributed by atoms with Crippen molar-refractivity contribution in [2.45, 2.75) is 32.0 Å². The normalized spacial score (nSPS) is 12.9. The molecule has 0 N–H and O–H groups in total. The van der Waals surface area contributed by atoms with Crippen molar-refractivity contribution in [3.05, 3.63) is 0 Å². The van der Waals surface area contributed by atoms with Crippen molar-refractivity contribution in [3.8, 4) is 0 Å². The Morgan fingerprint density at radius 1 is 0.750 bits per heavy atom. The molecule has 0 aromatic rings. The van der Waals surface area contributed by atoms with E-state index < -0.39 is 8.32 Å². The zero-order valence-electron chi connectivity index (χ0n) is 14.9. The van der Waals surface area contributed by atoms with E-state index >= 15 is 0 Å². The van der Waals surface area contributed by atoms with E-state index in [-0.39, 0.29) is 0 Å². The summed E-state index contributed by atoms with van der Waals surface area (Å²) in [5.74, 6) is 0. The lowest BCUT2D eigenvalue weighted by atomic mass is 10.3. The Kier molecular flexibility index (Phi) is 10.8. The molecule has 0 aliphatic rings. The van der Waals surface area contributed by atoms with Gasteiger partial charge < -0.3 is 19.1 Å². The second kappa shape index (κ2) is 10.7. The summed E-state index contributed by atoms with van der Waals surface area (Å²) >= 11 is 0. The first-order valence-electron chi connectivity index (χ1n) is 7.84. The molecule has 0 aromatic carbocycles. The molecule has 0 spiro atoms. The van der Waals surface area contributed by atoms with E-state index in [4.69, 9.17) is 4.43 Å². The van der Waals surface area contributed by atoms with Crippen LogP contribution in [0.5, 0.6) is 0 Å². The smallest absolute Gasteiger partial charge is 0.187 e. The van der Waals surface area contributed by atoms with Crippen molar-refractivity contribution in [2.24, 2.45) is 0 Å². The minimum Gasteiger partial charge on any atom is -0.420 e. The summed E-state index contributed by atoms with van der Waals surface area (Å²) in [6, 6.07) is 1.23. The van der Waals surface area contributed by atoms with E-state index in [2.05, 4.69) is 56.0 Å². The summed E-state index contributed by atoms with van der Waals surface area (Å²) in [6.07, 6.45) is 2.51. The SMILES string of the molecule is CO[Si](C)(C)CCN(CCCN(C)C)CCCN(C)C. The van der Waals surface area contributed by atoms with E-state index in [1.54, 1.807) is 0 Å². The second-order valence-corrected chi connectivity index (χ2v) is 11.3. The molecule has 0 fully saturated rings. The Hall–Kier alpha value is 0.0569. The molecular weight excluding hydrogens is 266 g/mol. The maximum atomic E-state index is 5.67. The van der Waals surface area contributed by atoms with Gasteiger partial charge in [-0.25, -0.2) is 0 Å². The third-order valence-corrected chi connectivity index (χ3v) is 6.27. The first-order valence-corrected chi connectivity index (χ1v) is 11.0. The number of nitrogens with zero attached hydrogens (tertiary/aromatic N) is 3. The molecule has 20 heavy (non-hydrogen) atoms. The second-order valence-electron chi connectivity index (χ2n) is 6.87. The van der Waals surface area contributed by atoms with Gasteiger partial charge in [-0.05, 0) is 92.9 Å². The highest BCUT2D eigenvalue weighted by Gasteiger charge is 2.21. The summed E-state index contributed by atoms with van der Waals surface area (Å²) in [4.78, 5) is 7.17. The van der Waals surface area contributed by atoms with Crippen LogP contribution in [-0.2, 0) is 4.43 Å². The fourth-order valence-electron chi connectivity index (χ4n) is 2.09. The molecule has 4 nitrogen and oxygen atoms in total. The first kappa shape index (κ1) is 20.1. The molecule has 0 saturated carbocycles. The molecule has 0 saturated heterocycles. The minimum absolute atomic E-state index is 1.18. The molecular formula is C15H37N3OSi. The Labute approximate surface area is 128 Å². The van der Waals surface area contributed by atoms with Crippen LogP contribution < -0.4 is 0 Å². The Morgan fingerprint density at radius 2 is 1.20 bits per heavy atom. The number of hydrogen-bond donors (Lipinski definition) is 0. The first-order chi connectivity index (χ1) is 9.26. The predicted octanol–water partition coefficient (Wildman–Crippen LogP) is 2.04. The van der Waals surface area contributed by atoms with E-state index in [9.17, 15) is 0 Å². The van der Waals surface area contributed by atoms with Crippen molar-refractivity contribution in [1.82, 2.24) is 14.7 Å². The largest absolute Gasteiger partial charge is 0.420 e. The average Bonchev–Trinajstić information content (AvgIpc) is 2.34. The molecule has 0 atom stereocenters. The van der Waals surface area contributed by atoms with Crippen molar-refractivity contribution in [2.75, 3.05) is 68.0 Å². The van der Waals surface area contributed by atoms with Gasteiger partial charge in [0, 0.05) is 7.11 Å². The fourth-order valence-corrected chi connectivity index (χ4v) is 3.14.